The van der Waals surface area contributed by atoms with E-state index in [2.05, 4.69) is 4.98 Å². The first-order valence-corrected chi connectivity index (χ1v) is 10.8. The third-order valence-corrected chi connectivity index (χ3v) is 6.83. The molecule has 6 heteroatoms. The van der Waals surface area contributed by atoms with Crippen LogP contribution in [0.4, 0.5) is 0 Å². The number of carbonyl (C=O) groups excluding carboxylic acids is 3. The number of aromatic nitrogens is 1. The van der Waals surface area contributed by atoms with Gasteiger partial charge in [-0.1, -0.05) is 12.1 Å². The van der Waals surface area contributed by atoms with Crippen LogP contribution >= 0.6 is 0 Å². The van der Waals surface area contributed by atoms with Gasteiger partial charge in [0.15, 0.2) is 11.6 Å². The van der Waals surface area contributed by atoms with E-state index in [0.29, 0.717) is 54.9 Å². The number of carbonyl (C=O) groups is 3. The van der Waals surface area contributed by atoms with Gasteiger partial charge in [-0.2, -0.15) is 0 Å². The fourth-order valence-electron chi connectivity index (χ4n) is 5.24. The number of ether oxygens (including phenoxy) is 1. The van der Waals surface area contributed by atoms with Gasteiger partial charge in [-0.05, 0) is 50.3 Å². The number of para-hydroxylation sites is 1. The van der Waals surface area contributed by atoms with Crippen LogP contribution in [0.1, 0.15) is 81.0 Å². The summed E-state index contributed by atoms with van der Waals surface area (Å²) in [6.45, 7) is 3.02. The number of benzene rings is 1. The van der Waals surface area contributed by atoms with E-state index in [1.165, 1.54) is 0 Å². The lowest BCUT2D eigenvalue weighted by Crippen LogP contribution is -2.43. The van der Waals surface area contributed by atoms with Crippen LogP contribution in [0.5, 0.6) is 5.75 Å². The number of ketones is 2. The molecule has 1 atom stereocenters. The van der Waals surface area contributed by atoms with Crippen molar-refractivity contribution in [3.63, 3.8) is 0 Å². The quantitative estimate of drug-likeness (QED) is 0.780. The third kappa shape index (κ3) is 3.06. The Kier molecular flexibility index (Phi) is 4.53. The molecule has 2 aliphatic heterocycles. The second-order valence-electron chi connectivity index (χ2n) is 8.78. The molecule has 3 aliphatic rings. The molecule has 2 aromatic rings. The number of hydrogen-bond donors (Lipinski definition) is 1. The van der Waals surface area contributed by atoms with E-state index in [9.17, 15) is 14.4 Å². The summed E-state index contributed by atoms with van der Waals surface area (Å²) in [4.78, 5) is 43.4. The van der Waals surface area contributed by atoms with Gasteiger partial charge in [0.2, 0.25) is 0 Å². The molecule has 1 N–H and O–H groups in total. The molecule has 156 valence electrons. The number of hydrogen-bond acceptors (Lipinski definition) is 4. The predicted molar refractivity (Wildman–Crippen MR) is 111 cm³/mol. The van der Waals surface area contributed by atoms with Gasteiger partial charge in [0, 0.05) is 37.2 Å². The van der Waals surface area contributed by atoms with Crippen molar-refractivity contribution < 1.29 is 19.1 Å². The Balaban J connectivity index is 1.36. The highest BCUT2D eigenvalue weighted by Gasteiger charge is 2.42. The molecule has 1 unspecified atom stereocenters. The van der Waals surface area contributed by atoms with Gasteiger partial charge >= 0.3 is 0 Å². The Morgan fingerprint density at radius 2 is 1.90 bits per heavy atom. The maximum Gasteiger partial charge on any atom is 0.270 e. The van der Waals surface area contributed by atoms with E-state index in [1.807, 2.05) is 36.1 Å². The largest absolute Gasteiger partial charge is 0.486 e. The molecule has 1 fully saturated rings. The molecule has 1 spiro atoms. The van der Waals surface area contributed by atoms with Crippen LogP contribution in [-0.4, -0.2) is 46.0 Å². The van der Waals surface area contributed by atoms with Crippen LogP contribution < -0.4 is 4.74 Å². The van der Waals surface area contributed by atoms with Gasteiger partial charge in [0.1, 0.15) is 17.0 Å². The van der Waals surface area contributed by atoms with Crippen molar-refractivity contribution in [2.24, 2.45) is 0 Å². The molecular formula is C24H26N2O4. The summed E-state index contributed by atoms with van der Waals surface area (Å²) >= 11 is 0. The molecule has 0 bridgehead atoms. The van der Waals surface area contributed by atoms with Crippen LogP contribution in [-0.2, 0) is 6.42 Å². The number of nitrogens with one attached hydrogen (secondary N) is 1. The maximum absolute atomic E-state index is 13.3. The first-order chi connectivity index (χ1) is 14.5. The molecule has 1 aliphatic carbocycles. The molecule has 0 radical (unpaired) electrons. The number of rotatable bonds is 1. The molecule has 1 aromatic carbocycles. The Morgan fingerprint density at radius 3 is 2.73 bits per heavy atom. The van der Waals surface area contributed by atoms with Gasteiger partial charge in [-0.3, -0.25) is 14.4 Å². The predicted octanol–water partition coefficient (Wildman–Crippen LogP) is 3.87. The van der Waals surface area contributed by atoms with Gasteiger partial charge in [-0.15, -0.1) is 0 Å². The average molecular weight is 406 g/mol. The molecule has 1 amide bonds. The zero-order valence-electron chi connectivity index (χ0n) is 17.3. The summed E-state index contributed by atoms with van der Waals surface area (Å²) in [6, 6.07) is 7.41. The third-order valence-electron chi connectivity index (χ3n) is 6.83. The van der Waals surface area contributed by atoms with Crippen LogP contribution in [0.3, 0.4) is 0 Å². The second-order valence-corrected chi connectivity index (χ2v) is 8.78. The highest BCUT2D eigenvalue weighted by Crippen LogP contribution is 2.39. The van der Waals surface area contributed by atoms with Crippen LogP contribution in [0, 0.1) is 6.92 Å². The summed E-state index contributed by atoms with van der Waals surface area (Å²) in [5.41, 5.74) is 3.04. The Bertz CT molecular complexity index is 1050. The number of Topliss-reactive ketones (excluding diaryl/α,β-unsaturated/α-hetero) is 2. The number of aryl methyl sites for hydroxylation is 1. The summed E-state index contributed by atoms with van der Waals surface area (Å²) in [7, 11) is 0. The molecule has 6 nitrogen and oxygen atoms in total. The Hall–Kier alpha value is -2.89. The fraction of sp³-hybridized carbons (Fsp3) is 0.458. The molecule has 0 saturated carbocycles. The monoisotopic (exact) mass is 406 g/mol. The van der Waals surface area contributed by atoms with E-state index in [-0.39, 0.29) is 17.5 Å². The molecule has 5 rings (SSSR count). The van der Waals surface area contributed by atoms with E-state index in [0.717, 1.165) is 36.9 Å². The zero-order chi connectivity index (χ0) is 20.9. The van der Waals surface area contributed by atoms with E-state index in [4.69, 9.17) is 4.74 Å². The molecule has 1 aromatic heterocycles. The molecule has 30 heavy (non-hydrogen) atoms. The highest BCUT2D eigenvalue weighted by molar-refractivity contribution is 6.04. The van der Waals surface area contributed by atoms with Crippen molar-refractivity contribution in [3.8, 4) is 5.75 Å². The number of fused-ring (bicyclic) bond motifs is 2. The number of amides is 1. The fourth-order valence-corrected chi connectivity index (χ4v) is 5.24. The first-order valence-electron chi connectivity index (χ1n) is 10.8. The normalized spacial score (nSPS) is 23.6. The summed E-state index contributed by atoms with van der Waals surface area (Å²) < 4.78 is 6.34. The average Bonchev–Trinajstić information content (AvgIpc) is 2.94. The lowest BCUT2D eigenvalue weighted by molar-refractivity contribution is 0.0300. The van der Waals surface area contributed by atoms with E-state index in [1.54, 1.807) is 0 Å². The zero-order valence-corrected chi connectivity index (χ0v) is 17.3. The minimum absolute atomic E-state index is 0.0608. The second kappa shape index (κ2) is 7.11. The van der Waals surface area contributed by atoms with Crippen molar-refractivity contribution in [2.45, 2.75) is 57.5 Å². The SMILES string of the molecule is Cc1c(C(=O)N2CCCC3(CC2)CC(=O)c2ccccc2O3)[nH]c2c1C(=O)CCC2. The van der Waals surface area contributed by atoms with Gasteiger partial charge in [0.05, 0.1) is 12.0 Å². The first kappa shape index (κ1) is 19.1. The van der Waals surface area contributed by atoms with E-state index < -0.39 is 5.60 Å². The van der Waals surface area contributed by atoms with Crippen molar-refractivity contribution in [2.75, 3.05) is 13.1 Å². The lowest BCUT2D eigenvalue weighted by Gasteiger charge is -2.37. The standard InChI is InChI=1S/C24H26N2O4/c1-15-21-17(7-4-8-18(21)27)25-22(15)23(29)26-12-5-10-24(11-13-26)14-19(28)16-6-2-3-9-20(16)30-24/h2-3,6,9,25H,4-5,7-8,10-14H2,1H3. The lowest BCUT2D eigenvalue weighted by atomic mass is 9.84. The summed E-state index contributed by atoms with van der Waals surface area (Å²) in [6.07, 6.45) is 4.70. The minimum Gasteiger partial charge on any atom is -0.486 e. The molecular weight excluding hydrogens is 380 g/mol. The number of nitrogens with zero attached hydrogens (tertiary/aromatic N) is 1. The Morgan fingerprint density at radius 1 is 1.07 bits per heavy atom. The van der Waals surface area contributed by atoms with E-state index >= 15 is 0 Å². The maximum atomic E-state index is 13.3. The smallest absolute Gasteiger partial charge is 0.270 e. The van der Waals surface area contributed by atoms with Crippen LogP contribution in [0.25, 0.3) is 0 Å². The van der Waals surface area contributed by atoms with Gasteiger partial charge in [-0.25, -0.2) is 0 Å². The topological polar surface area (TPSA) is 79.5 Å². The van der Waals surface area contributed by atoms with Crippen molar-refractivity contribution in [1.82, 2.24) is 9.88 Å². The van der Waals surface area contributed by atoms with Crippen molar-refractivity contribution >= 4 is 17.5 Å². The number of H-pyrrole nitrogens is 1. The van der Waals surface area contributed by atoms with Crippen LogP contribution in [0.15, 0.2) is 24.3 Å². The highest BCUT2D eigenvalue weighted by atomic mass is 16.5. The minimum atomic E-state index is -0.541. The molecule has 1 saturated heterocycles. The van der Waals surface area contributed by atoms with Crippen molar-refractivity contribution in [1.29, 1.82) is 0 Å². The molecule has 3 heterocycles. The van der Waals surface area contributed by atoms with Crippen LogP contribution in [0.2, 0.25) is 0 Å². The van der Waals surface area contributed by atoms with Crippen molar-refractivity contribution in [3.05, 3.63) is 52.3 Å². The summed E-state index contributed by atoms with van der Waals surface area (Å²) in [5.74, 6) is 0.837. The Labute approximate surface area is 175 Å². The van der Waals surface area contributed by atoms with Gasteiger partial charge in [0.25, 0.3) is 5.91 Å². The summed E-state index contributed by atoms with van der Waals surface area (Å²) in [5, 5.41) is 0. The number of aromatic amines is 1. The van der Waals surface area contributed by atoms with Gasteiger partial charge < -0.3 is 14.6 Å². The number of likely N-dealkylation sites (tertiary alicyclic amines) is 1.